The quantitative estimate of drug-likeness (QED) is 0.694. The van der Waals surface area contributed by atoms with Crippen LogP contribution in [-0.2, 0) is 12.8 Å². The monoisotopic (exact) mass is 173 g/mol. The highest BCUT2D eigenvalue weighted by Gasteiger charge is 2.00. The van der Waals surface area contributed by atoms with E-state index in [0.717, 1.165) is 17.5 Å². The molecule has 1 radical (unpaired) electrons. The van der Waals surface area contributed by atoms with Crippen LogP contribution in [-0.4, -0.2) is 5.11 Å². The summed E-state index contributed by atoms with van der Waals surface area (Å²) < 4.78 is 0. The molecule has 1 aromatic rings. The molecule has 0 aliphatic heterocycles. The largest absolute Gasteiger partial charge is 0.507 e. The standard InChI is InChI=1S/C12H13O/c1-3-5-10-7-8-12(13)11(9-10)6-4-2/h3-4,7,9,13H,1-2,5-6H2. The minimum Gasteiger partial charge on any atom is -0.507 e. The molecule has 0 heterocycles. The number of benzene rings is 1. The summed E-state index contributed by atoms with van der Waals surface area (Å²) >= 11 is 0. The maximum atomic E-state index is 9.41. The van der Waals surface area contributed by atoms with Gasteiger partial charge < -0.3 is 5.11 Å². The van der Waals surface area contributed by atoms with Crippen LogP contribution in [0.15, 0.2) is 37.4 Å². The first kappa shape index (κ1) is 9.59. The molecular weight excluding hydrogens is 160 g/mol. The summed E-state index contributed by atoms with van der Waals surface area (Å²) in [6.45, 7) is 7.29. The topological polar surface area (TPSA) is 20.2 Å². The van der Waals surface area contributed by atoms with E-state index in [4.69, 9.17) is 0 Å². The Kier molecular flexibility index (Phi) is 3.32. The Labute approximate surface area is 79.0 Å². The molecule has 0 aliphatic carbocycles. The molecule has 0 amide bonds. The third kappa shape index (κ3) is 2.48. The van der Waals surface area contributed by atoms with Crippen LogP contribution in [0, 0.1) is 6.07 Å². The highest BCUT2D eigenvalue weighted by atomic mass is 16.3. The zero-order chi connectivity index (χ0) is 9.68. The molecule has 0 fully saturated rings. The van der Waals surface area contributed by atoms with Gasteiger partial charge in [0, 0.05) is 6.07 Å². The van der Waals surface area contributed by atoms with Gasteiger partial charge in [-0.25, -0.2) is 0 Å². The van der Waals surface area contributed by atoms with Gasteiger partial charge in [-0.05, 0) is 30.0 Å². The number of phenols is 1. The first-order valence-corrected chi connectivity index (χ1v) is 4.22. The smallest absolute Gasteiger partial charge is 0.127 e. The van der Waals surface area contributed by atoms with Gasteiger partial charge in [-0.2, -0.15) is 0 Å². The van der Waals surface area contributed by atoms with Gasteiger partial charge in [0.2, 0.25) is 0 Å². The van der Waals surface area contributed by atoms with E-state index in [1.807, 2.05) is 12.1 Å². The van der Waals surface area contributed by atoms with Gasteiger partial charge in [0.05, 0.1) is 0 Å². The number of aromatic hydroxyl groups is 1. The van der Waals surface area contributed by atoms with Gasteiger partial charge in [-0.1, -0.05) is 18.2 Å². The van der Waals surface area contributed by atoms with E-state index in [1.165, 1.54) is 0 Å². The van der Waals surface area contributed by atoms with Crippen molar-refractivity contribution in [1.82, 2.24) is 0 Å². The molecular formula is C12H13O. The van der Waals surface area contributed by atoms with Crippen molar-refractivity contribution in [2.45, 2.75) is 12.8 Å². The Morgan fingerprint density at radius 1 is 1.31 bits per heavy atom. The fourth-order valence-electron chi connectivity index (χ4n) is 1.18. The van der Waals surface area contributed by atoms with Crippen molar-refractivity contribution >= 4 is 0 Å². The Hall–Kier alpha value is -1.50. The molecule has 0 saturated carbocycles. The Morgan fingerprint density at radius 3 is 2.62 bits per heavy atom. The highest BCUT2D eigenvalue weighted by molar-refractivity contribution is 5.36. The summed E-state index contributed by atoms with van der Waals surface area (Å²) in [5.74, 6) is 0.215. The fourth-order valence-corrected chi connectivity index (χ4v) is 1.18. The molecule has 1 nitrogen and oxygen atoms in total. The third-order valence-electron chi connectivity index (χ3n) is 1.80. The van der Waals surface area contributed by atoms with E-state index in [2.05, 4.69) is 19.2 Å². The molecule has 1 aromatic carbocycles. The van der Waals surface area contributed by atoms with Crippen molar-refractivity contribution in [2.24, 2.45) is 0 Å². The molecule has 0 spiro atoms. The summed E-state index contributed by atoms with van der Waals surface area (Å²) in [5, 5.41) is 9.41. The zero-order valence-corrected chi connectivity index (χ0v) is 7.59. The van der Waals surface area contributed by atoms with Gasteiger partial charge in [-0.15, -0.1) is 13.2 Å². The van der Waals surface area contributed by atoms with E-state index in [0.29, 0.717) is 6.42 Å². The van der Waals surface area contributed by atoms with Gasteiger partial charge >= 0.3 is 0 Å². The van der Waals surface area contributed by atoms with Crippen molar-refractivity contribution in [2.75, 3.05) is 0 Å². The summed E-state index contributed by atoms with van der Waals surface area (Å²) in [5.41, 5.74) is 1.99. The van der Waals surface area contributed by atoms with Crippen LogP contribution < -0.4 is 0 Å². The van der Waals surface area contributed by atoms with Crippen LogP contribution in [0.5, 0.6) is 5.75 Å². The molecule has 0 atom stereocenters. The van der Waals surface area contributed by atoms with Crippen molar-refractivity contribution in [3.63, 3.8) is 0 Å². The fraction of sp³-hybridized carbons (Fsp3) is 0.167. The SMILES string of the molecule is C=CCc1c[c]c(O)c(CC=C)c1. The summed E-state index contributed by atoms with van der Waals surface area (Å²) in [7, 11) is 0. The summed E-state index contributed by atoms with van der Waals surface area (Å²) in [6, 6.07) is 6.53. The van der Waals surface area contributed by atoms with Gasteiger partial charge in [0.15, 0.2) is 0 Å². The molecule has 1 heteroatoms. The molecule has 1 N–H and O–H groups in total. The number of allylic oxidation sites excluding steroid dienone is 2. The Morgan fingerprint density at radius 2 is 2.00 bits per heavy atom. The number of rotatable bonds is 4. The number of hydrogen-bond donors (Lipinski definition) is 1. The van der Waals surface area contributed by atoms with E-state index in [1.54, 1.807) is 12.1 Å². The van der Waals surface area contributed by atoms with Crippen molar-refractivity contribution in [1.29, 1.82) is 0 Å². The van der Waals surface area contributed by atoms with Gasteiger partial charge in [-0.3, -0.25) is 0 Å². The van der Waals surface area contributed by atoms with Gasteiger partial charge in [0.1, 0.15) is 5.75 Å². The van der Waals surface area contributed by atoms with Gasteiger partial charge in [0.25, 0.3) is 0 Å². The number of hydrogen-bond acceptors (Lipinski definition) is 1. The first-order valence-electron chi connectivity index (χ1n) is 4.22. The van der Waals surface area contributed by atoms with E-state index in [-0.39, 0.29) is 5.75 Å². The maximum Gasteiger partial charge on any atom is 0.127 e. The molecule has 13 heavy (non-hydrogen) atoms. The summed E-state index contributed by atoms with van der Waals surface area (Å²) in [4.78, 5) is 0. The Bertz CT molecular complexity index is 313. The molecule has 0 aliphatic rings. The van der Waals surface area contributed by atoms with Crippen LogP contribution in [0.25, 0.3) is 0 Å². The lowest BCUT2D eigenvalue weighted by atomic mass is 10.0. The normalized spacial score (nSPS) is 9.54. The molecule has 1 rings (SSSR count). The minimum atomic E-state index is 0.215. The third-order valence-corrected chi connectivity index (χ3v) is 1.80. The van der Waals surface area contributed by atoms with Crippen molar-refractivity contribution < 1.29 is 5.11 Å². The molecule has 67 valence electrons. The second-order valence-electron chi connectivity index (χ2n) is 2.87. The maximum absolute atomic E-state index is 9.41. The average molecular weight is 173 g/mol. The lowest BCUT2D eigenvalue weighted by molar-refractivity contribution is 0.468. The lowest BCUT2D eigenvalue weighted by Gasteiger charge is -2.03. The van der Waals surface area contributed by atoms with E-state index in [9.17, 15) is 5.11 Å². The lowest BCUT2D eigenvalue weighted by Crippen LogP contribution is -1.87. The van der Waals surface area contributed by atoms with Crippen LogP contribution in [0.2, 0.25) is 0 Å². The van der Waals surface area contributed by atoms with Crippen LogP contribution >= 0.6 is 0 Å². The summed E-state index contributed by atoms with van der Waals surface area (Å²) in [6.07, 6.45) is 5.08. The predicted octanol–water partition coefficient (Wildman–Crippen LogP) is 2.65. The average Bonchev–Trinajstić information content (AvgIpc) is 2.12. The number of phenolic OH excluding ortho intramolecular Hbond substituents is 1. The van der Waals surface area contributed by atoms with Crippen molar-refractivity contribution in [3.05, 3.63) is 54.6 Å². The van der Waals surface area contributed by atoms with E-state index >= 15 is 0 Å². The van der Waals surface area contributed by atoms with Crippen LogP contribution in [0.4, 0.5) is 0 Å². The second kappa shape index (κ2) is 4.51. The zero-order valence-electron chi connectivity index (χ0n) is 7.59. The highest BCUT2D eigenvalue weighted by Crippen LogP contribution is 2.18. The second-order valence-corrected chi connectivity index (χ2v) is 2.87. The van der Waals surface area contributed by atoms with Crippen LogP contribution in [0.1, 0.15) is 11.1 Å². The molecule has 0 bridgehead atoms. The predicted molar refractivity (Wildman–Crippen MR) is 54.7 cm³/mol. The Balaban J connectivity index is 2.95. The van der Waals surface area contributed by atoms with E-state index < -0.39 is 0 Å². The molecule has 0 aromatic heterocycles. The van der Waals surface area contributed by atoms with Crippen molar-refractivity contribution in [3.8, 4) is 5.75 Å². The minimum absolute atomic E-state index is 0.215. The van der Waals surface area contributed by atoms with Crippen LogP contribution in [0.3, 0.4) is 0 Å². The molecule has 0 saturated heterocycles. The molecule has 0 unspecified atom stereocenters. The first-order chi connectivity index (χ1) is 6.27.